The monoisotopic (exact) mass is 546 g/mol. The van der Waals surface area contributed by atoms with Crippen LogP contribution in [0.2, 0.25) is 0 Å². The van der Waals surface area contributed by atoms with Gasteiger partial charge in [-0.2, -0.15) is 10.1 Å². The Kier molecular flexibility index (Phi) is 7.33. The molecule has 0 atom stereocenters. The van der Waals surface area contributed by atoms with Gasteiger partial charge in [0, 0.05) is 42.9 Å². The second-order valence-electron chi connectivity index (χ2n) is 10.8. The quantitative estimate of drug-likeness (QED) is 0.296. The van der Waals surface area contributed by atoms with Crippen LogP contribution >= 0.6 is 0 Å². The van der Waals surface area contributed by atoms with Crippen molar-refractivity contribution in [2.75, 3.05) is 18.4 Å². The van der Waals surface area contributed by atoms with Crippen LogP contribution in [0.1, 0.15) is 55.7 Å². The Hall–Kier alpha value is -4.61. The molecule has 0 spiro atoms. The molecule has 208 valence electrons. The van der Waals surface area contributed by atoms with Crippen molar-refractivity contribution in [1.29, 1.82) is 0 Å². The van der Waals surface area contributed by atoms with Gasteiger partial charge in [-0.1, -0.05) is 44.6 Å². The van der Waals surface area contributed by atoms with E-state index in [2.05, 4.69) is 42.5 Å². The lowest BCUT2D eigenvalue weighted by Crippen LogP contribution is -2.41. The van der Waals surface area contributed by atoms with E-state index in [0.717, 1.165) is 23.8 Å². The molecule has 1 aliphatic heterocycles. The van der Waals surface area contributed by atoms with Gasteiger partial charge < -0.3 is 20.1 Å². The topological polar surface area (TPSA) is 142 Å². The van der Waals surface area contributed by atoms with E-state index < -0.39 is 11.7 Å². The predicted octanol–water partition coefficient (Wildman–Crippen LogP) is 3.96. The lowest BCUT2D eigenvalue weighted by molar-refractivity contribution is -0.126. The Balaban J connectivity index is 1.30. The van der Waals surface area contributed by atoms with Gasteiger partial charge in [-0.3, -0.25) is 14.7 Å². The molecule has 3 N–H and O–H groups in total. The summed E-state index contributed by atoms with van der Waals surface area (Å²) in [4.78, 5) is 34.7. The van der Waals surface area contributed by atoms with E-state index in [0.29, 0.717) is 41.6 Å². The van der Waals surface area contributed by atoms with Crippen molar-refractivity contribution in [3.63, 3.8) is 0 Å². The number of piperidine rings is 1. The van der Waals surface area contributed by atoms with E-state index in [4.69, 9.17) is 4.52 Å². The van der Waals surface area contributed by atoms with Crippen molar-refractivity contribution in [2.24, 2.45) is 0 Å². The van der Waals surface area contributed by atoms with E-state index in [1.807, 2.05) is 26.8 Å². The number of fused-ring (bicyclic) bond motifs is 1. The summed E-state index contributed by atoms with van der Waals surface area (Å²) in [6.07, 6.45) is 4.50. The number of halogens is 1. The molecule has 1 fully saturated rings. The number of anilines is 1. The van der Waals surface area contributed by atoms with Gasteiger partial charge in [0.25, 0.3) is 11.7 Å². The van der Waals surface area contributed by atoms with Gasteiger partial charge in [0.15, 0.2) is 11.5 Å². The molecule has 1 saturated heterocycles. The number of hydrogen-bond donors (Lipinski definition) is 3. The van der Waals surface area contributed by atoms with E-state index >= 15 is 4.39 Å². The van der Waals surface area contributed by atoms with Crippen molar-refractivity contribution in [3.05, 3.63) is 66.2 Å². The smallest absolute Gasteiger partial charge is 0.292 e. The summed E-state index contributed by atoms with van der Waals surface area (Å²) in [6.45, 7) is 10.5. The molecule has 12 heteroatoms. The number of H-pyrrole nitrogens is 1. The molecule has 4 heterocycles. The molecule has 0 aliphatic carbocycles. The Morgan fingerprint density at radius 2 is 2.02 bits per heavy atom. The van der Waals surface area contributed by atoms with Crippen LogP contribution in [0, 0.1) is 5.82 Å². The van der Waals surface area contributed by atoms with Gasteiger partial charge >= 0.3 is 0 Å². The lowest BCUT2D eigenvalue weighted by Gasteiger charge is -2.31. The van der Waals surface area contributed by atoms with E-state index in [-0.39, 0.29) is 29.7 Å². The Morgan fingerprint density at radius 3 is 2.70 bits per heavy atom. The average molecular weight is 547 g/mol. The molecule has 0 unspecified atom stereocenters. The van der Waals surface area contributed by atoms with E-state index in [9.17, 15) is 9.59 Å². The number of nitrogens with zero attached hydrogens (tertiary/aromatic N) is 5. The van der Waals surface area contributed by atoms with Gasteiger partial charge in [-0.25, -0.2) is 9.37 Å². The number of nitrogens with one attached hydrogen (secondary N) is 3. The summed E-state index contributed by atoms with van der Waals surface area (Å²) < 4.78 is 20.3. The minimum atomic E-state index is -0.549. The zero-order valence-electron chi connectivity index (χ0n) is 22.6. The SMILES string of the molecule is C=CC(=O)N1CCC(Nc2n[nH]c3nccc(-c4ccc(CNC(=O)c5noc(C(C)(C)C)n5)c(F)c4)c23)CC1. The molecule has 1 aliphatic rings. The number of benzene rings is 1. The van der Waals surface area contributed by atoms with Crippen molar-refractivity contribution in [3.8, 4) is 11.1 Å². The molecule has 40 heavy (non-hydrogen) atoms. The molecule has 2 amide bonds. The minimum Gasteiger partial charge on any atom is -0.365 e. The highest BCUT2D eigenvalue weighted by atomic mass is 19.1. The Labute approximate surface area is 230 Å². The average Bonchev–Trinajstić information content (AvgIpc) is 3.60. The van der Waals surface area contributed by atoms with Crippen molar-refractivity contribution in [2.45, 2.75) is 51.6 Å². The number of amides is 2. The van der Waals surface area contributed by atoms with Crippen LogP contribution in [-0.2, 0) is 16.8 Å². The number of likely N-dealkylation sites (tertiary alicyclic amines) is 1. The second-order valence-corrected chi connectivity index (χ2v) is 10.8. The third-order valence-electron chi connectivity index (χ3n) is 6.86. The molecule has 4 aromatic rings. The molecule has 0 radical (unpaired) electrons. The minimum absolute atomic E-state index is 0.0400. The number of hydrogen-bond acceptors (Lipinski definition) is 8. The van der Waals surface area contributed by atoms with Gasteiger partial charge in [-0.15, -0.1) is 0 Å². The van der Waals surface area contributed by atoms with Gasteiger partial charge in [-0.05, 0) is 42.2 Å². The number of aromatic amines is 1. The van der Waals surface area contributed by atoms with Crippen LogP contribution in [0.4, 0.5) is 10.2 Å². The van der Waals surface area contributed by atoms with Crippen LogP contribution in [0.3, 0.4) is 0 Å². The molecule has 0 saturated carbocycles. The fraction of sp³-hybridized carbons (Fsp3) is 0.357. The molecule has 1 aromatic carbocycles. The van der Waals surface area contributed by atoms with Gasteiger partial charge in [0.2, 0.25) is 11.8 Å². The number of carbonyl (C=O) groups is 2. The van der Waals surface area contributed by atoms with Crippen LogP contribution < -0.4 is 10.6 Å². The maximum Gasteiger partial charge on any atom is 0.292 e. The zero-order valence-corrected chi connectivity index (χ0v) is 22.6. The predicted molar refractivity (Wildman–Crippen MR) is 147 cm³/mol. The third-order valence-corrected chi connectivity index (χ3v) is 6.86. The normalized spacial score (nSPS) is 14.3. The lowest BCUT2D eigenvalue weighted by atomic mass is 9.97. The second kappa shape index (κ2) is 10.9. The van der Waals surface area contributed by atoms with Crippen molar-refractivity contribution in [1.82, 2.24) is 35.5 Å². The van der Waals surface area contributed by atoms with Crippen LogP contribution in [0.15, 0.2) is 47.6 Å². The highest BCUT2D eigenvalue weighted by Gasteiger charge is 2.25. The summed E-state index contributed by atoms with van der Waals surface area (Å²) >= 11 is 0. The van der Waals surface area contributed by atoms with Gasteiger partial charge in [0.1, 0.15) is 5.82 Å². The van der Waals surface area contributed by atoms with Crippen LogP contribution in [-0.4, -0.2) is 61.2 Å². The van der Waals surface area contributed by atoms with Crippen molar-refractivity contribution >= 4 is 28.7 Å². The zero-order chi connectivity index (χ0) is 28.4. The summed E-state index contributed by atoms with van der Waals surface area (Å²) in [6, 6.07) is 6.79. The number of carbonyl (C=O) groups excluding carboxylic acids is 2. The maximum absolute atomic E-state index is 15.2. The van der Waals surface area contributed by atoms with Crippen molar-refractivity contribution < 1.29 is 18.5 Å². The Morgan fingerprint density at radius 1 is 1.25 bits per heavy atom. The number of rotatable bonds is 7. The van der Waals surface area contributed by atoms with Gasteiger partial charge in [0.05, 0.1) is 5.39 Å². The first-order valence-electron chi connectivity index (χ1n) is 13.1. The summed E-state index contributed by atoms with van der Waals surface area (Å²) in [7, 11) is 0. The summed E-state index contributed by atoms with van der Waals surface area (Å²) in [5.41, 5.74) is 1.90. The molecular formula is C28H31FN8O3. The highest BCUT2D eigenvalue weighted by Crippen LogP contribution is 2.33. The highest BCUT2D eigenvalue weighted by molar-refractivity contribution is 6.00. The molecular weight excluding hydrogens is 515 g/mol. The first-order chi connectivity index (χ1) is 19.1. The standard InChI is InChI=1S/C28H31FN8O3/c1-5-21(38)37-12-9-18(10-13-37)32-24-22-19(8-11-30-23(22)34-35-24)16-6-7-17(20(29)14-16)15-31-26(39)25-33-27(40-36-25)28(2,3)4/h5-8,11,14,18H,1,9-10,12-13,15H2,2-4H3,(H,31,39)(H2,30,32,34,35). The fourth-order valence-electron chi connectivity index (χ4n) is 4.60. The maximum atomic E-state index is 15.2. The van der Waals surface area contributed by atoms with Crippen LogP contribution in [0.5, 0.6) is 0 Å². The largest absolute Gasteiger partial charge is 0.365 e. The molecule has 3 aromatic heterocycles. The van der Waals surface area contributed by atoms with Crippen LogP contribution in [0.25, 0.3) is 22.2 Å². The number of pyridine rings is 1. The summed E-state index contributed by atoms with van der Waals surface area (Å²) in [5.74, 6) is -0.212. The number of aromatic nitrogens is 5. The summed E-state index contributed by atoms with van der Waals surface area (Å²) in [5, 5.41) is 18.0. The first-order valence-corrected chi connectivity index (χ1v) is 13.1. The first kappa shape index (κ1) is 27.0. The Bertz CT molecular complexity index is 1560. The molecule has 0 bridgehead atoms. The third kappa shape index (κ3) is 5.56. The molecule has 5 rings (SSSR count). The fourth-order valence-corrected chi connectivity index (χ4v) is 4.60. The van der Waals surface area contributed by atoms with E-state index in [1.54, 1.807) is 23.2 Å². The van der Waals surface area contributed by atoms with E-state index in [1.165, 1.54) is 12.1 Å². The molecule has 11 nitrogen and oxygen atoms in total.